The minimum Gasteiger partial charge on any atom is -0.309 e. The fourth-order valence-electron chi connectivity index (χ4n) is 7.52. The number of nitrogens with zero attached hydrogens (tertiary/aromatic N) is 4. The first kappa shape index (κ1) is 27.6. The zero-order valence-electron chi connectivity index (χ0n) is 26.9. The van der Waals surface area contributed by atoms with Crippen molar-refractivity contribution in [1.82, 2.24) is 19.1 Å². The van der Waals surface area contributed by atoms with Crippen LogP contribution in [0.5, 0.6) is 0 Å². The molecule has 0 N–H and O–H groups in total. The topological polar surface area (TPSA) is 35.6 Å². The van der Waals surface area contributed by atoms with E-state index in [2.05, 4.69) is 169 Å². The molecule has 0 fully saturated rings. The second kappa shape index (κ2) is 10.8. The predicted octanol–water partition coefficient (Wildman–Crippen LogP) is 9.42. The molecule has 3 heterocycles. The van der Waals surface area contributed by atoms with Gasteiger partial charge in [0.2, 0.25) is 5.95 Å². The summed E-state index contributed by atoms with van der Waals surface area (Å²) in [4.78, 5) is 10.4. The van der Waals surface area contributed by atoms with Gasteiger partial charge in [0.25, 0.3) is 0 Å². The van der Waals surface area contributed by atoms with Crippen molar-refractivity contribution >= 4 is 67.8 Å². The van der Waals surface area contributed by atoms with Gasteiger partial charge in [0.05, 0.1) is 33.3 Å². The molecule has 10 aromatic rings. The molecular weight excluding hydrogens is 595 g/mol. The Kier molecular flexibility index (Phi) is 6.09. The van der Waals surface area contributed by atoms with Gasteiger partial charge in [0.15, 0.2) is 0 Å². The quantitative estimate of drug-likeness (QED) is 0.183. The number of aromatic nitrogens is 4. The minimum absolute atomic E-state index is 0.669. The van der Waals surface area contributed by atoms with Gasteiger partial charge in [-0.2, -0.15) is 0 Å². The number of benzene rings is 7. The van der Waals surface area contributed by atoms with Crippen molar-refractivity contribution < 1.29 is 0 Å². The van der Waals surface area contributed by atoms with E-state index >= 15 is 0 Å². The summed E-state index contributed by atoms with van der Waals surface area (Å²) < 4.78 is 4.59. The SMILES string of the molecule is Bc1ccc2c(c1)c1cc(-c3ccc4c(c3)c3ccccc3n4-c3nc(-c4ccccc4)c4ccccc4n3)ccc1n2-c1ccccc1. The van der Waals surface area contributed by atoms with Crippen molar-refractivity contribution in [2.45, 2.75) is 0 Å². The van der Waals surface area contributed by atoms with E-state index in [0.717, 1.165) is 33.2 Å². The van der Waals surface area contributed by atoms with Crippen LogP contribution in [-0.2, 0) is 0 Å². The van der Waals surface area contributed by atoms with Crippen molar-refractivity contribution in [2.24, 2.45) is 0 Å². The van der Waals surface area contributed by atoms with Gasteiger partial charge in [-0.25, -0.2) is 9.97 Å². The number of hydrogen-bond donors (Lipinski definition) is 0. The van der Waals surface area contributed by atoms with E-state index in [1.807, 2.05) is 12.1 Å². The molecule has 4 nitrogen and oxygen atoms in total. The molecule has 0 amide bonds. The molecule has 10 rings (SSSR count). The van der Waals surface area contributed by atoms with Crippen molar-refractivity contribution in [3.05, 3.63) is 164 Å². The summed E-state index contributed by atoms with van der Waals surface area (Å²) in [6.07, 6.45) is 0. The fraction of sp³-hybridized carbons (Fsp3) is 0. The number of hydrogen-bond acceptors (Lipinski definition) is 2. The van der Waals surface area contributed by atoms with E-state index in [0.29, 0.717) is 5.95 Å². The van der Waals surface area contributed by atoms with Crippen LogP contribution in [0.15, 0.2) is 164 Å². The normalized spacial score (nSPS) is 11.8. The monoisotopic (exact) mass is 624 g/mol. The maximum Gasteiger partial charge on any atom is 0.235 e. The zero-order valence-corrected chi connectivity index (χ0v) is 26.9. The second-order valence-electron chi connectivity index (χ2n) is 12.8. The summed E-state index contributed by atoms with van der Waals surface area (Å²) in [6, 6.07) is 58.3. The average Bonchev–Trinajstić information content (AvgIpc) is 3.67. The highest BCUT2D eigenvalue weighted by atomic mass is 15.2. The highest BCUT2D eigenvalue weighted by Crippen LogP contribution is 2.38. The number of fused-ring (bicyclic) bond motifs is 7. The highest BCUT2D eigenvalue weighted by Gasteiger charge is 2.19. The van der Waals surface area contributed by atoms with Gasteiger partial charge in [-0.3, -0.25) is 4.57 Å². The fourth-order valence-corrected chi connectivity index (χ4v) is 7.52. The molecule has 0 unspecified atom stereocenters. The number of para-hydroxylation sites is 3. The molecular formula is C44H29BN4. The molecule has 0 saturated carbocycles. The van der Waals surface area contributed by atoms with Crippen LogP contribution in [-0.4, -0.2) is 26.9 Å². The van der Waals surface area contributed by atoms with Crippen LogP contribution >= 0.6 is 0 Å². The lowest BCUT2D eigenvalue weighted by molar-refractivity contribution is 1.01. The molecule has 0 radical (unpaired) electrons. The van der Waals surface area contributed by atoms with Crippen LogP contribution in [0.2, 0.25) is 0 Å². The van der Waals surface area contributed by atoms with Crippen LogP contribution in [0.1, 0.15) is 0 Å². The van der Waals surface area contributed by atoms with Gasteiger partial charge in [0.1, 0.15) is 7.85 Å². The molecule has 0 atom stereocenters. The Hall–Kier alpha value is -6.46. The van der Waals surface area contributed by atoms with Crippen LogP contribution in [0.4, 0.5) is 0 Å². The third kappa shape index (κ3) is 4.33. The van der Waals surface area contributed by atoms with Crippen LogP contribution in [0.25, 0.3) is 88.5 Å². The summed E-state index contributed by atoms with van der Waals surface area (Å²) in [5.41, 5.74) is 12.3. The lowest BCUT2D eigenvalue weighted by Gasteiger charge is -2.12. The van der Waals surface area contributed by atoms with Crippen molar-refractivity contribution in [1.29, 1.82) is 0 Å². The molecule has 0 bridgehead atoms. The van der Waals surface area contributed by atoms with E-state index in [-0.39, 0.29) is 0 Å². The van der Waals surface area contributed by atoms with Crippen LogP contribution < -0.4 is 5.46 Å². The Morgan fingerprint density at radius 2 is 0.939 bits per heavy atom. The Bertz CT molecular complexity index is 2890. The first-order valence-electron chi connectivity index (χ1n) is 16.7. The maximum absolute atomic E-state index is 5.24. The molecule has 0 aliphatic carbocycles. The van der Waals surface area contributed by atoms with Crippen molar-refractivity contribution in [3.63, 3.8) is 0 Å². The van der Waals surface area contributed by atoms with Gasteiger partial charge in [-0.1, -0.05) is 115 Å². The van der Waals surface area contributed by atoms with Crippen LogP contribution in [0.3, 0.4) is 0 Å². The molecule has 0 saturated heterocycles. The van der Waals surface area contributed by atoms with Crippen molar-refractivity contribution in [2.75, 3.05) is 0 Å². The molecule has 7 aromatic carbocycles. The third-order valence-corrected chi connectivity index (χ3v) is 9.78. The summed E-state index contributed by atoms with van der Waals surface area (Å²) in [5.74, 6) is 0.669. The first-order chi connectivity index (χ1) is 24.2. The van der Waals surface area contributed by atoms with E-state index in [9.17, 15) is 0 Å². The summed E-state index contributed by atoms with van der Waals surface area (Å²) in [5, 5.41) is 5.91. The lowest BCUT2D eigenvalue weighted by atomic mass is 9.94. The second-order valence-corrected chi connectivity index (χ2v) is 12.8. The van der Waals surface area contributed by atoms with E-state index in [4.69, 9.17) is 9.97 Å². The summed E-state index contributed by atoms with van der Waals surface area (Å²) in [7, 11) is 2.17. The Balaban J connectivity index is 1.19. The van der Waals surface area contributed by atoms with E-state index in [1.54, 1.807) is 0 Å². The standard InChI is InChI=1S/C44H29BN4/c45-31-21-24-41-37(27-31)36-26-30(19-22-40(36)48(41)32-13-5-2-6-14-32)29-20-23-42-35(25-29)33-15-8-10-18-39(33)49(42)44-46-38-17-9-7-16-34(38)43(47-44)28-11-3-1-4-12-28/h1-27H,45H2. The molecule has 0 spiro atoms. The van der Waals surface area contributed by atoms with E-state index in [1.165, 1.54) is 54.9 Å². The Morgan fingerprint density at radius 1 is 0.388 bits per heavy atom. The van der Waals surface area contributed by atoms with Gasteiger partial charge in [-0.05, 0) is 65.7 Å². The molecule has 0 aliphatic rings. The predicted molar refractivity (Wildman–Crippen MR) is 207 cm³/mol. The van der Waals surface area contributed by atoms with Crippen LogP contribution in [0, 0.1) is 0 Å². The minimum atomic E-state index is 0.669. The van der Waals surface area contributed by atoms with Gasteiger partial charge < -0.3 is 4.57 Å². The highest BCUT2D eigenvalue weighted by molar-refractivity contribution is 6.34. The number of rotatable bonds is 4. The van der Waals surface area contributed by atoms with Gasteiger partial charge in [-0.15, -0.1) is 0 Å². The molecule has 5 heteroatoms. The van der Waals surface area contributed by atoms with Crippen molar-refractivity contribution in [3.8, 4) is 34.0 Å². The molecule has 3 aromatic heterocycles. The maximum atomic E-state index is 5.24. The smallest absolute Gasteiger partial charge is 0.235 e. The van der Waals surface area contributed by atoms with E-state index < -0.39 is 0 Å². The van der Waals surface area contributed by atoms with Gasteiger partial charge >= 0.3 is 0 Å². The summed E-state index contributed by atoms with van der Waals surface area (Å²) >= 11 is 0. The van der Waals surface area contributed by atoms with Gasteiger partial charge in [0, 0.05) is 38.2 Å². The molecule has 0 aliphatic heterocycles. The molecule has 228 valence electrons. The first-order valence-corrected chi connectivity index (χ1v) is 16.7. The third-order valence-electron chi connectivity index (χ3n) is 9.78. The average molecular weight is 625 g/mol. The zero-order chi connectivity index (χ0) is 32.5. The Labute approximate surface area is 283 Å². The lowest BCUT2D eigenvalue weighted by Crippen LogP contribution is -2.03. The molecule has 49 heavy (non-hydrogen) atoms. The Morgan fingerprint density at radius 3 is 1.69 bits per heavy atom. The largest absolute Gasteiger partial charge is 0.309 e. The summed E-state index contributed by atoms with van der Waals surface area (Å²) in [6.45, 7) is 0.